The molecule has 4 aromatic rings. The maximum absolute atomic E-state index is 5.84. The van der Waals surface area contributed by atoms with Crippen LogP contribution in [0.1, 0.15) is 5.56 Å². The fourth-order valence-corrected chi connectivity index (χ4v) is 2.93. The zero-order valence-electron chi connectivity index (χ0n) is 13.8. The molecule has 26 heavy (non-hydrogen) atoms. The Hall–Kier alpha value is -2.98. The van der Waals surface area contributed by atoms with Gasteiger partial charge < -0.3 is 4.42 Å². The van der Waals surface area contributed by atoms with Crippen LogP contribution in [0.25, 0.3) is 28.6 Å². The molecule has 0 unspecified atom stereocenters. The Balaban J connectivity index is 1.60. The molecule has 4 rings (SSSR count). The molecule has 3 nitrogen and oxygen atoms in total. The number of hydrogen-bond acceptors (Lipinski definition) is 3. The molecular weight excluding hydrogens is 388 g/mol. The summed E-state index contributed by atoms with van der Waals surface area (Å²) < 4.78 is 6.76. The zero-order chi connectivity index (χ0) is 17.8. The molecule has 3 aromatic carbocycles. The number of halogens is 1. The largest absolute Gasteiger partial charge is 0.436 e. The van der Waals surface area contributed by atoms with Crippen molar-refractivity contribution in [3.05, 3.63) is 88.9 Å². The third-order valence-corrected chi connectivity index (χ3v) is 4.55. The highest BCUT2D eigenvalue weighted by molar-refractivity contribution is 9.10. The molecule has 1 heterocycles. The fraction of sp³-hybridized carbons (Fsp3) is 0. The molecule has 0 amide bonds. The first-order chi connectivity index (χ1) is 12.8. The topological polar surface area (TPSA) is 38.4 Å². The lowest BCUT2D eigenvalue weighted by Crippen LogP contribution is -1.79. The Morgan fingerprint density at radius 3 is 2.58 bits per heavy atom. The maximum Gasteiger partial charge on any atom is 0.227 e. The molecule has 0 saturated heterocycles. The summed E-state index contributed by atoms with van der Waals surface area (Å²) in [7, 11) is 0. The summed E-state index contributed by atoms with van der Waals surface area (Å²) >= 11 is 3.55. The minimum Gasteiger partial charge on any atom is -0.436 e. The van der Waals surface area contributed by atoms with E-state index in [2.05, 4.69) is 25.9 Å². The Kier molecular flexibility index (Phi) is 4.75. The monoisotopic (exact) mass is 402 g/mol. The van der Waals surface area contributed by atoms with E-state index < -0.39 is 0 Å². The van der Waals surface area contributed by atoms with E-state index in [-0.39, 0.29) is 0 Å². The SMILES string of the molecule is Brc1ccc(-c2nc3ccccc3o2)cc1N=C/C=C/c1ccccc1. The summed E-state index contributed by atoms with van der Waals surface area (Å²) in [5.74, 6) is 0.593. The van der Waals surface area contributed by atoms with Crippen LogP contribution >= 0.6 is 15.9 Å². The van der Waals surface area contributed by atoms with Crippen molar-refractivity contribution in [1.29, 1.82) is 0 Å². The molecule has 0 fully saturated rings. The second-order valence-corrected chi connectivity index (χ2v) is 6.56. The number of nitrogens with zero attached hydrogens (tertiary/aromatic N) is 2. The highest BCUT2D eigenvalue weighted by Gasteiger charge is 2.09. The number of allylic oxidation sites excluding steroid dienone is 1. The van der Waals surface area contributed by atoms with Crippen molar-refractivity contribution < 1.29 is 4.42 Å². The van der Waals surface area contributed by atoms with E-state index in [9.17, 15) is 0 Å². The van der Waals surface area contributed by atoms with Gasteiger partial charge in [0.25, 0.3) is 0 Å². The number of para-hydroxylation sites is 2. The molecule has 0 aliphatic heterocycles. The molecule has 0 saturated carbocycles. The summed E-state index contributed by atoms with van der Waals surface area (Å²) in [5.41, 5.74) is 4.48. The molecule has 0 radical (unpaired) electrons. The number of oxazole rings is 1. The number of hydrogen-bond donors (Lipinski definition) is 0. The van der Waals surface area contributed by atoms with Gasteiger partial charge >= 0.3 is 0 Å². The minimum absolute atomic E-state index is 0.593. The molecule has 0 aliphatic rings. The molecule has 0 N–H and O–H groups in total. The summed E-state index contributed by atoms with van der Waals surface area (Å²) in [6, 6.07) is 23.7. The van der Waals surface area contributed by atoms with Crippen LogP contribution in [0.4, 0.5) is 5.69 Å². The second-order valence-electron chi connectivity index (χ2n) is 5.70. The van der Waals surface area contributed by atoms with Crippen LogP contribution in [0.15, 0.2) is 92.8 Å². The maximum atomic E-state index is 5.84. The van der Waals surface area contributed by atoms with Crippen molar-refractivity contribution in [1.82, 2.24) is 4.98 Å². The van der Waals surface area contributed by atoms with E-state index in [1.807, 2.05) is 84.9 Å². The molecule has 4 heteroatoms. The third kappa shape index (κ3) is 3.65. The number of aromatic nitrogens is 1. The first-order valence-electron chi connectivity index (χ1n) is 8.21. The summed E-state index contributed by atoms with van der Waals surface area (Å²) in [6.45, 7) is 0. The molecule has 126 valence electrons. The van der Waals surface area contributed by atoms with Crippen molar-refractivity contribution in [2.45, 2.75) is 0 Å². The van der Waals surface area contributed by atoms with Gasteiger partial charge in [-0.1, -0.05) is 48.5 Å². The lowest BCUT2D eigenvalue weighted by atomic mass is 10.2. The molecule has 1 aromatic heterocycles. The van der Waals surface area contributed by atoms with Gasteiger partial charge in [0.1, 0.15) is 5.52 Å². The fourth-order valence-electron chi connectivity index (χ4n) is 2.58. The zero-order valence-corrected chi connectivity index (χ0v) is 15.4. The van der Waals surface area contributed by atoms with Crippen molar-refractivity contribution in [2.75, 3.05) is 0 Å². The van der Waals surface area contributed by atoms with Gasteiger partial charge in [0.15, 0.2) is 5.58 Å². The van der Waals surface area contributed by atoms with Gasteiger partial charge in [-0.2, -0.15) is 0 Å². The van der Waals surface area contributed by atoms with Crippen molar-refractivity contribution in [2.24, 2.45) is 4.99 Å². The molecular formula is C22H15BrN2O. The van der Waals surface area contributed by atoms with Gasteiger partial charge in [-0.3, -0.25) is 4.99 Å². The predicted molar refractivity (Wildman–Crippen MR) is 111 cm³/mol. The first kappa shape index (κ1) is 16.5. The van der Waals surface area contributed by atoms with E-state index in [4.69, 9.17) is 4.42 Å². The molecule has 0 bridgehead atoms. The first-order valence-corrected chi connectivity index (χ1v) is 9.00. The number of rotatable bonds is 4. The van der Waals surface area contributed by atoms with E-state index in [0.717, 1.165) is 32.4 Å². The smallest absolute Gasteiger partial charge is 0.227 e. The Morgan fingerprint density at radius 2 is 1.73 bits per heavy atom. The lowest BCUT2D eigenvalue weighted by Gasteiger charge is -2.00. The van der Waals surface area contributed by atoms with Crippen molar-refractivity contribution >= 4 is 45.0 Å². The van der Waals surface area contributed by atoms with E-state index >= 15 is 0 Å². The molecule has 0 aliphatic carbocycles. The average Bonchev–Trinajstić information content (AvgIpc) is 3.11. The van der Waals surface area contributed by atoms with Crippen LogP contribution in [0.5, 0.6) is 0 Å². The van der Waals surface area contributed by atoms with Gasteiger partial charge in [0, 0.05) is 16.3 Å². The van der Waals surface area contributed by atoms with Crippen LogP contribution in [0.2, 0.25) is 0 Å². The normalized spacial score (nSPS) is 11.7. The number of benzene rings is 3. The second kappa shape index (κ2) is 7.50. The van der Waals surface area contributed by atoms with Crippen LogP contribution in [0, 0.1) is 0 Å². The van der Waals surface area contributed by atoms with Gasteiger partial charge in [-0.15, -0.1) is 0 Å². The van der Waals surface area contributed by atoms with Crippen LogP contribution in [0.3, 0.4) is 0 Å². The van der Waals surface area contributed by atoms with Gasteiger partial charge in [-0.25, -0.2) is 4.98 Å². The van der Waals surface area contributed by atoms with E-state index in [1.165, 1.54) is 0 Å². The number of fused-ring (bicyclic) bond motifs is 1. The van der Waals surface area contributed by atoms with E-state index in [1.54, 1.807) is 6.21 Å². The Morgan fingerprint density at radius 1 is 0.923 bits per heavy atom. The summed E-state index contributed by atoms with van der Waals surface area (Å²) in [4.78, 5) is 9.07. The summed E-state index contributed by atoms with van der Waals surface area (Å²) in [6.07, 6.45) is 5.72. The lowest BCUT2D eigenvalue weighted by molar-refractivity contribution is 0.620. The standard InChI is InChI=1S/C22H15BrN2O/c23-18-13-12-17(22-25-19-10-4-5-11-21(19)26-22)15-20(18)24-14-6-9-16-7-2-1-3-8-16/h1-15H/b9-6+,24-14?. The highest BCUT2D eigenvalue weighted by atomic mass is 79.9. The molecule has 0 spiro atoms. The van der Waals surface area contributed by atoms with Crippen molar-refractivity contribution in [3.8, 4) is 11.5 Å². The quantitative estimate of drug-likeness (QED) is 0.357. The Labute approximate surface area is 159 Å². The van der Waals surface area contributed by atoms with Crippen LogP contribution in [-0.4, -0.2) is 11.2 Å². The van der Waals surface area contributed by atoms with Crippen LogP contribution in [-0.2, 0) is 0 Å². The van der Waals surface area contributed by atoms with E-state index in [0.29, 0.717) is 5.89 Å². The Bertz CT molecular complexity index is 1060. The van der Waals surface area contributed by atoms with Gasteiger partial charge in [0.2, 0.25) is 5.89 Å². The third-order valence-electron chi connectivity index (χ3n) is 3.87. The molecule has 0 atom stereocenters. The predicted octanol–water partition coefficient (Wildman–Crippen LogP) is 6.67. The van der Waals surface area contributed by atoms with Gasteiger partial charge in [-0.05, 0) is 57.9 Å². The number of aliphatic imine (C=N–C) groups is 1. The summed E-state index contributed by atoms with van der Waals surface area (Å²) in [5, 5.41) is 0. The highest BCUT2D eigenvalue weighted by Crippen LogP contribution is 2.32. The van der Waals surface area contributed by atoms with Crippen LogP contribution < -0.4 is 0 Å². The average molecular weight is 403 g/mol. The van der Waals surface area contributed by atoms with Gasteiger partial charge in [0.05, 0.1) is 5.69 Å². The minimum atomic E-state index is 0.593. The van der Waals surface area contributed by atoms with Crippen molar-refractivity contribution in [3.63, 3.8) is 0 Å².